The number of nitrogens with one attached hydrogen (secondary N) is 1. The first-order chi connectivity index (χ1) is 16.4. The van der Waals surface area contributed by atoms with Gasteiger partial charge in [0, 0.05) is 11.4 Å². The van der Waals surface area contributed by atoms with E-state index in [0.29, 0.717) is 17.8 Å². The van der Waals surface area contributed by atoms with E-state index in [1.807, 2.05) is 25.1 Å². The summed E-state index contributed by atoms with van der Waals surface area (Å²) >= 11 is 1.12. The van der Waals surface area contributed by atoms with Crippen molar-refractivity contribution in [2.45, 2.75) is 18.6 Å². The lowest BCUT2D eigenvalue weighted by Gasteiger charge is -2.19. The van der Waals surface area contributed by atoms with Crippen molar-refractivity contribution >= 4 is 35.0 Å². The molecule has 0 radical (unpaired) electrons. The second-order valence-electron chi connectivity index (χ2n) is 7.70. The Morgan fingerprint density at radius 1 is 1.00 bits per heavy atom. The number of carbonyl (C=O) groups is 2. The van der Waals surface area contributed by atoms with Crippen LogP contribution in [0.15, 0.2) is 83.4 Å². The van der Waals surface area contributed by atoms with E-state index in [1.54, 1.807) is 24.3 Å². The lowest BCUT2D eigenvalue weighted by atomic mass is 10.1. The number of nitrogens with zero attached hydrogens (tertiary/aromatic N) is 2. The van der Waals surface area contributed by atoms with Gasteiger partial charge in [-0.1, -0.05) is 41.6 Å². The van der Waals surface area contributed by atoms with Gasteiger partial charge in [-0.3, -0.25) is 14.5 Å². The van der Waals surface area contributed by atoms with Crippen molar-refractivity contribution in [2.75, 3.05) is 10.2 Å². The molecule has 170 valence electrons. The molecule has 0 aromatic heterocycles. The number of hydrogen-bond donors (Lipinski definition) is 1. The molecule has 1 atom stereocenters. The van der Waals surface area contributed by atoms with Crippen molar-refractivity contribution in [2.24, 2.45) is 0 Å². The van der Waals surface area contributed by atoms with E-state index in [2.05, 4.69) is 5.32 Å². The predicted molar refractivity (Wildman–Crippen MR) is 128 cm³/mol. The van der Waals surface area contributed by atoms with Crippen molar-refractivity contribution in [1.82, 2.24) is 0 Å². The van der Waals surface area contributed by atoms with Crippen LogP contribution >= 0.6 is 11.8 Å². The van der Waals surface area contributed by atoms with E-state index in [-0.39, 0.29) is 22.3 Å². The molecule has 34 heavy (non-hydrogen) atoms. The van der Waals surface area contributed by atoms with Crippen molar-refractivity contribution in [3.63, 3.8) is 0 Å². The van der Waals surface area contributed by atoms with E-state index in [1.165, 1.54) is 41.3 Å². The quantitative estimate of drug-likeness (QED) is 0.400. The maximum Gasteiger partial charge on any atom is 0.269 e. The minimum Gasteiger partial charge on any atom is -0.321 e. The molecule has 3 aromatic rings. The molecule has 8 heteroatoms. The molecule has 3 aromatic carbocycles. The third-order valence-corrected chi connectivity index (χ3v) is 6.50. The summed E-state index contributed by atoms with van der Waals surface area (Å²) in [5.41, 5.74) is 2.36. The first-order valence-corrected chi connectivity index (χ1v) is 11.3. The van der Waals surface area contributed by atoms with Crippen LogP contribution in [0.3, 0.4) is 0 Å². The normalized spacial score (nSPS) is 16.8. The van der Waals surface area contributed by atoms with E-state index < -0.39 is 17.0 Å². The lowest BCUT2D eigenvalue weighted by Crippen LogP contribution is -2.30. The highest BCUT2D eigenvalue weighted by atomic mass is 32.2. The van der Waals surface area contributed by atoms with Crippen molar-refractivity contribution in [3.05, 3.63) is 106 Å². The third-order valence-electron chi connectivity index (χ3n) is 5.23. The first kappa shape index (κ1) is 23.2. The number of nitriles is 1. The molecule has 0 aliphatic carbocycles. The van der Waals surface area contributed by atoms with Crippen molar-refractivity contribution < 1.29 is 18.4 Å². The summed E-state index contributed by atoms with van der Waals surface area (Å²) in [5.74, 6) is -1.82. The van der Waals surface area contributed by atoms with Crippen molar-refractivity contribution in [1.29, 1.82) is 5.26 Å². The first-order valence-electron chi connectivity index (χ1n) is 10.4. The average Bonchev–Trinajstić information content (AvgIpc) is 3.13. The van der Waals surface area contributed by atoms with E-state index in [9.17, 15) is 23.6 Å². The number of benzene rings is 3. The SMILES string of the molecule is Cc1ccc(N2C(=O)C(Cc3ccc(F)cc3)SC2=C(C#N)C(=O)Nc2ccc(F)cc2)cc1. The van der Waals surface area contributed by atoms with Crippen LogP contribution in [0, 0.1) is 29.9 Å². The highest BCUT2D eigenvalue weighted by Gasteiger charge is 2.40. The Morgan fingerprint density at radius 2 is 1.59 bits per heavy atom. The van der Waals surface area contributed by atoms with Gasteiger partial charge in [0.05, 0.1) is 5.25 Å². The number of carbonyl (C=O) groups excluding carboxylic acids is 2. The summed E-state index contributed by atoms with van der Waals surface area (Å²) in [4.78, 5) is 27.8. The number of halogens is 2. The monoisotopic (exact) mass is 475 g/mol. The fraction of sp³-hybridized carbons (Fsp3) is 0.115. The molecule has 1 saturated heterocycles. The van der Waals surface area contributed by atoms with Gasteiger partial charge in [0.2, 0.25) is 5.91 Å². The maximum absolute atomic E-state index is 13.4. The summed E-state index contributed by atoms with van der Waals surface area (Å²) in [5, 5.41) is 12.0. The highest BCUT2D eigenvalue weighted by Crippen LogP contribution is 2.42. The van der Waals surface area contributed by atoms with Gasteiger partial charge in [-0.25, -0.2) is 8.78 Å². The molecule has 1 N–H and O–H groups in total. The van der Waals surface area contributed by atoms with Crippen LogP contribution in [0.2, 0.25) is 0 Å². The Kier molecular flexibility index (Phi) is 6.75. The highest BCUT2D eigenvalue weighted by molar-refractivity contribution is 8.05. The van der Waals surface area contributed by atoms with Gasteiger partial charge in [-0.15, -0.1) is 0 Å². The van der Waals surface area contributed by atoms with Crippen molar-refractivity contribution in [3.8, 4) is 6.07 Å². The molecule has 5 nitrogen and oxygen atoms in total. The molecule has 2 amide bonds. The number of hydrogen-bond acceptors (Lipinski definition) is 4. The number of amides is 2. The van der Waals surface area contributed by atoms with Crippen LogP contribution in [-0.4, -0.2) is 17.1 Å². The molecule has 1 heterocycles. The molecule has 1 fully saturated rings. The Morgan fingerprint density at radius 3 is 2.18 bits per heavy atom. The Bertz CT molecular complexity index is 1300. The van der Waals surface area contributed by atoms with Gasteiger partial charge < -0.3 is 5.32 Å². The minimum absolute atomic E-state index is 0.211. The van der Waals surface area contributed by atoms with Gasteiger partial charge in [0.25, 0.3) is 5.91 Å². The van der Waals surface area contributed by atoms with Gasteiger partial charge in [0.1, 0.15) is 28.3 Å². The second kappa shape index (κ2) is 9.89. The molecule has 0 spiro atoms. The van der Waals surface area contributed by atoms with Gasteiger partial charge >= 0.3 is 0 Å². The fourth-order valence-electron chi connectivity index (χ4n) is 3.48. The zero-order chi connectivity index (χ0) is 24.2. The zero-order valence-electron chi connectivity index (χ0n) is 18.1. The number of anilines is 2. The predicted octanol–water partition coefficient (Wildman–Crippen LogP) is 5.34. The summed E-state index contributed by atoms with van der Waals surface area (Å²) < 4.78 is 26.5. The number of thioether (sulfide) groups is 1. The van der Waals surface area contributed by atoms with Crippen LogP contribution < -0.4 is 10.2 Å². The minimum atomic E-state index is -0.705. The van der Waals surface area contributed by atoms with E-state index in [0.717, 1.165) is 22.9 Å². The molecule has 1 aliphatic rings. The molecule has 1 unspecified atom stereocenters. The van der Waals surface area contributed by atoms with Gasteiger partial charge in [0.15, 0.2) is 0 Å². The smallest absolute Gasteiger partial charge is 0.269 e. The van der Waals surface area contributed by atoms with Gasteiger partial charge in [-0.2, -0.15) is 5.26 Å². The second-order valence-corrected chi connectivity index (χ2v) is 8.89. The Labute approximate surface area is 199 Å². The fourth-order valence-corrected chi connectivity index (χ4v) is 4.79. The molecule has 0 saturated carbocycles. The topological polar surface area (TPSA) is 73.2 Å². The number of aryl methyl sites for hydroxylation is 1. The van der Waals surface area contributed by atoms with Gasteiger partial charge in [-0.05, 0) is 67.4 Å². The Balaban J connectivity index is 1.71. The summed E-state index contributed by atoms with van der Waals surface area (Å²) in [7, 11) is 0. The molecular formula is C26H19F2N3O2S. The Hall–Kier alpha value is -3.96. The number of rotatable bonds is 5. The summed E-state index contributed by atoms with van der Waals surface area (Å²) in [6.45, 7) is 1.91. The molecule has 4 rings (SSSR count). The standard InChI is InChI=1S/C26H19F2N3O2S/c1-16-2-12-21(13-3-16)31-25(33)23(14-17-4-6-18(27)7-5-17)34-26(31)22(15-29)24(32)30-20-10-8-19(28)9-11-20/h2-13,23H,14H2,1H3,(H,30,32). The van der Waals surface area contributed by atoms with Crippen LogP contribution in [0.1, 0.15) is 11.1 Å². The van der Waals surface area contributed by atoms with Crippen LogP contribution in [-0.2, 0) is 16.0 Å². The molecule has 1 aliphatic heterocycles. The van der Waals surface area contributed by atoms with E-state index >= 15 is 0 Å². The zero-order valence-corrected chi connectivity index (χ0v) is 18.9. The van der Waals surface area contributed by atoms with E-state index in [4.69, 9.17) is 0 Å². The maximum atomic E-state index is 13.4. The largest absolute Gasteiger partial charge is 0.321 e. The summed E-state index contributed by atoms with van der Waals surface area (Å²) in [6, 6.07) is 20.1. The molecule has 0 bridgehead atoms. The van der Waals surface area contributed by atoms with Crippen LogP contribution in [0.5, 0.6) is 0 Å². The third kappa shape index (κ3) is 5.00. The average molecular weight is 476 g/mol. The summed E-state index contributed by atoms with van der Waals surface area (Å²) in [6.07, 6.45) is 0.300. The van der Waals surface area contributed by atoms with Crippen LogP contribution in [0.4, 0.5) is 20.2 Å². The van der Waals surface area contributed by atoms with Crippen LogP contribution in [0.25, 0.3) is 0 Å². The lowest BCUT2D eigenvalue weighted by molar-refractivity contribution is -0.117. The molecular weight excluding hydrogens is 456 g/mol.